The van der Waals surface area contributed by atoms with Crippen LogP contribution in [0.3, 0.4) is 0 Å². The van der Waals surface area contributed by atoms with E-state index >= 15 is 0 Å². The third kappa shape index (κ3) is 4.56. The van der Waals surface area contributed by atoms with Gasteiger partial charge in [0.1, 0.15) is 18.2 Å². The number of ether oxygens (including phenoxy) is 1. The highest BCUT2D eigenvalue weighted by atomic mass is 16.5. The zero-order chi connectivity index (χ0) is 23.5. The van der Waals surface area contributed by atoms with Crippen LogP contribution < -0.4 is 4.74 Å². The Bertz CT molecular complexity index is 1280. The minimum Gasteiger partial charge on any atom is -0.491 e. The number of likely N-dealkylation sites (tertiary alicyclic amines) is 1. The van der Waals surface area contributed by atoms with E-state index in [1.54, 1.807) is 0 Å². The maximum Gasteiger partial charge on any atom is 0.223 e. The van der Waals surface area contributed by atoms with E-state index in [1.165, 1.54) is 5.56 Å². The maximum absolute atomic E-state index is 12.9. The van der Waals surface area contributed by atoms with Gasteiger partial charge >= 0.3 is 0 Å². The summed E-state index contributed by atoms with van der Waals surface area (Å²) in [5.41, 5.74) is 4.43. The minimum atomic E-state index is 0.0755. The zero-order valence-electron chi connectivity index (χ0n) is 19.9. The van der Waals surface area contributed by atoms with E-state index in [0.717, 1.165) is 28.2 Å². The van der Waals surface area contributed by atoms with Crippen LogP contribution in [-0.4, -0.2) is 33.5 Å². The molecule has 1 aliphatic rings. The van der Waals surface area contributed by atoms with Crippen LogP contribution in [0.2, 0.25) is 0 Å². The molecule has 2 heterocycles. The van der Waals surface area contributed by atoms with Gasteiger partial charge in [-0.25, -0.2) is 4.98 Å². The lowest BCUT2D eigenvalue weighted by molar-refractivity contribution is -0.128. The monoisotopic (exact) mass is 453 g/mol. The van der Waals surface area contributed by atoms with Crippen molar-refractivity contribution in [3.63, 3.8) is 0 Å². The van der Waals surface area contributed by atoms with Crippen molar-refractivity contribution in [1.29, 1.82) is 0 Å². The zero-order valence-corrected chi connectivity index (χ0v) is 19.9. The van der Waals surface area contributed by atoms with Crippen molar-refractivity contribution in [2.45, 2.75) is 45.2 Å². The molecule has 174 valence electrons. The standard InChI is InChI=1S/C29H31N3O2/c1-21(2)24-12-6-9-15-27(24)34-17-16-32-26-14-8-7-13-25(26)30-29(32)23-18-28(33)31(20-23)19-22-10-4-3-5-11-22/h3-15,21,23H,16-20H2,1-2H3. The van der Waals surface area contributed by atoms with Crippen molar-refractivity contribution in [3.8, 4) is 5.75 Å². The van der Waals surface area contributed by atoms with Crippen molar-refractivity contribution >= 4 is 16.9 Å². The molecular weight excluding hydrogens is 422 g/mol. The van der Waals surface area contributed by atoms with Gasteiger partial charge in [-0.1, -0.05) is 74.5 Å². The number of rotatable bonds is 8. The molecule has 1 saturated heterocycles. The van der Waals surface area contributed by atoms with Gasteiger partial charge in [0.25, 0.3) is 0 Å². The Morgan fingerprint density at radius 1 is 0.971 bits per heavy atom. The maximum atomic E-state index is 12.9. The van der Waals surface area contributed by atoms with Crippen LogP contribution in [0.5, 0.6) is 5.75 Å². The predicted molar refractivity (Wildman–Crippen MR) is 135 cm³/mol. The first-order chi connectivity index (χ1) is 16.6. The van der Waals surface area contributed by atoms with E-state index in [-0.39, 0.29) is 11.8 Å². The smallest absolute Gasteiger partial charge is 0.223 e. The van der Waals surface area contributed by atoms with Gasteiger partial charge in [-0.3, -0.25) is 4.79 Å². The largest absolute Gasteiger partial charge is 0.491 e. The van der Waals surface area contributed by atoms with E-state index in [0.29, 0.717) is 38.6 Å². The summed E-state index contributed by atoms with van der Waals surface area (Å²) in [6.45, 7) is 6.93. The second-order valence-corrected chi connectivity index (χ2v) is 9.31. The first-order valence-corrected chi connectivity index (χ1v) is 12.1. The van der Waals surface area contributed by atoms with Crippen LogP contribution in [0, 0.1) is 0 Å². The lowest BCUT2D eigenvalue weighted by Crippen LogP contribution is -2.24. The molecule has 1 fully saturated rings. The second-order valence-electron chi connectivity index (χ2n) is 9.31. The molecule has 0 saturated carbocycles. The number of nitrogens with zero attached hydrogens (tertiary/aromatic N) is 3. The Balaban J connectivity index is 1.36. The summed E-state index contributed by atoms with van der Waals surface area (Å²) in [7, 11) is 0. The number of imidazole rings is 1. The molecule has 0 radical (unpaired) electrons. The predicted octanol–water partition coefficient (Wildman–Crippen LogP) is 5.75. The molecule has 5 rings (SSSR count). The van der Waals surface area contributed by atoms with Crippen molar-refractivity contribution in [1.82, 2.24) is 14.5 Å². The highest BCUT2D eigenvalue weighted by Gasteiger charge is 2.34. The first kappa shape index (κ1) is 22.2. The summed E-state index contributed by atoms with van der Waals surface area (Å²) in [5.74, 6) is 2.58. The average molecular weight is 454 g/mol. The molecule has 1 unspecified atom stereocenters. The number of amides is 1. The van der Waals surface area contributed by atoms with Gasteiger partial charge in [0, 0.05) is 25.4 Å². The number of benzene rings is 3. The molecule has 0 N–H and O–H groups in total. The van der Waals surface area contributed by atoms with Crippen molar-refractivity contribution in [2.24, 2.45) is 0 Å². The van der Waals surface area contributed by atoms with E-state index in [2.05, 4.69) is 48.7 Å². The van der Waals surface area contributed by atoms with Crippen molar-refractivity contribution in [2.75, 3.05) is 13.2 Å². The molecule has 5 heteroatoms. The number of carbonyl (C=O) groups excluding carboxylic acids is 1. The summed E-state index contributed by atoms with van der Waals surface area (Å²) in [6, 6.07) is 26.6. The highest BCUT2D eigenvalue weighted by Crippen LogP contribution is 2.32. The molecule has 4 aromatic rings. The molecule has 0 spiro atoms. The molecule has 1 aliphatic heterocycles. The average Bonchev–Trinajstić information content (AvgIpc) is 3.40. The van der Waals surface area contributed by atoms with E-state index < -0.39 is 0 Å². The van der Waals surface area contributed by atoms with Crippen LogP contribution in [0.25, 0.3) is 11.0 Å². The Hall–Kier alpha value is -3.60. The topological polar surface area (TPSA) is 47.4 Å². The number of hydrogen-bond donors (Lipinski definition) is 0. The van der Waals surface area contributed by atoms with Gasteiger partial charge in [-0.2, -0.15) is 0 Å². The summed E-state index contributed by atoms with van der Waals surface area (Å²) < 4.78 is 8.48. The molecule has 1 amide bonds. The number of para-hydroxylation sites is 3. The Morgan fingerprint density at radius 3 is 2.53 bits per heavy atom. The summed E-state index contributed by atoms with van der Waals surface area (Å²) in [4.78, 5) is 19.8. The van der Waals surface area contributed by atoms with Crippen LogP contribution in [0.4, 0.5) is 0 Å². The fourth-order valence-electron chi connectivity index (χ4n) is 4.88. The normalized spacial score (nSPS) is 16.0. The Morgan fingerprint density at radius 2 is 1.71 bits per heavy atom. The molecule has 3 aromatic carbocycles. The summed E-state index contributed by atoms with van der Waals surface area (Å²) in [6.07, 6.45) is 0.493. The molecule has 0 bridgehead atoms. The Kier molecular flexibility index (Phi) is 6.35. The van der Waals surface area contributed by atoms with Crippen LogP contribution >= 0.6 is 0 Å². The van der Waals surface area contributed by atoms with Crippen LogP contribution in [0.15, 0.2) is 78.9 Å². The molecule has 5 nitrogen and oxygen atoms in total. The van der Waals surface area contributed by atoms with Gasteiger partial charge in [0.05, 0.1) is 17.6 Å². The first-order valence-electron chi connectivity index (χ1n) is 12.1. The summed E-state index contributed by atoms with van der Waals surface area (Å²) in [5, 5.41) is 0. The van der Waals surface area contributed by atoms with Gasteiger partial charge in [0.15, 0.2) is 0 Å². The summed E-state index contributed by atoms with van der Waals surface area (Å²) >= 11 is 0. The fourth-order valence-corrected chi connectivity index (χ4v) is 4.88. The second kappa shape index (κ2) is 9.72. The van der Waals surface area contributed by atoms with E-state index in [1.807, 2.05) is 53.4 Å². The number of carbonyl (C=O) groups is 1. The molecule has 1 atom stereocenters. The molecular formula is C29H31N3O2. The number of fused-ring (bicyclic) bond motifs is 1. The van der Waals surface area contributed by atoms with Crippen LogP contribution in [-0.2, 0) is 17.9 Å². The van der Waals surface area contributed by atoms with Gasteiger partial charge in [-0.05, 0) is 35.2 Å². The number of hydrogen-bond acceptors (Lipinski definition) is 3. The number of aromatic nitrogens is 2. The van der Waals surface area contributed by atoms with Gasteiger partial charge in [0.2, 0.25) is 5.91 Å². The lowest BCUT2D eigenvalue weighted by Gasteiger charge is -2.18. The molecule has 1 aromatic heterocycles. The molecule has 34 heavy (non-hydrogen) atoms. The van der Waals surface area contributed by atoms with Gasteiger partial charge in [-0.15, -0.1) is 0 Å². The quantitative estimate of drug-likeness (QED) is 0.341. The van der Waals surface area contributed by atoms with Gasteiger partial charge < -0.3 is 14.2 Å². The fraction of sp³-hybridized carbons (Fsp3) is 0.310. The Labute approximate surface area is 201 Å². The SMILES string of the molecule is CC(C)c1ccccc1OCCn1c(C2CC(=O)N(Cc3ccccc3)C2)nc2ccccc21. The van der Waals surface area contributed by atoms with E-state index in [4.69, 9.17) is 9.72 Å². The molecule has 0 aliphatic carbocycles. The van der Waals surface area contributed by atoms with Crippen molar-refractivity contribution in [3.05, 3.63) is 95.8 Å². The minimum absolute atomic E-state index is 0.0755. The van der Waals surface area contributed by atoms with E-state index in [9.17, 15) is 4.79 Å². The third-order valence-electron chi connectivity index (χ3n) is 6.59. The third-order valence-corrected chi connectivity index (χ3v) is 6.59. The lowest BCUT2D eigenvalue weighted by atomic mass is 10.0. The highest BCUT2D eigenvalue weighted by molar-refractivity contribution is 5.81. The van der Waals surface area contributed by atoms with Crippen molar-refractivity contribution < 1.29 is 9.53 Å². The van der Waals surface area contributed by atoms with Crippen LogP contribution in [0.1, 0.15) is 49.1 Å².